The van der Waals surface area contributed by atoms with Crippen molar-refractivity contribution < 1.29 is 9.59 Å². The molecule has 5 rings (SSSR count). The van der Waals surface area contributed by atoms with E-state index in [0.717, 1.165) is 56.1 Å². The standard InChI is InChI=1S/C21H28N6O2/c1-13-15(6-5-9-22-13)18(28)26-20-23-11-14-10-16-19(29)24-12-21(7-3-2-4-8-21)27(16)17(14)25-20/h10-11,13,15,22H,2-9,12H2,1H3,(H,24,29)(H,23,25,26,28). The molecule has 1 saturated carbocycles. The summed E-state index contributed by atoms with van der Waals surface area (Å²) < 4.78 is 2.13. The summed E-state index contributed by atoms with van der Waals surface area (Å²) in [6, 6.07) is 2.02. The topological polar surface area (TPSA) is 101 Å². The van der Waals surface area contributed by atoms with Crippen molar-refractivity contribution in [3.05, 3.63) is 18.0 Å². The number of fused-ring (bicyclic) bond motifs is 4. The van der Waals surface area contributed by atoms with Gasteiger partial charge in [-0.1, -0.05) is 19.3 Å². The van der Waals surface area contributed by atoms with Gasteiger partial charge < -0.3 is 15.2 Å². The van der Waals surface area contributed by atoms with Gasteiger partial charge in [0.1, 0.15) is 11.3 Å². The number of amides is 2. The van der Waals surface area contributed by atoms with E-state index < -0.39 is 0 Å². The normalized spacial score (nSPS) is 26.2. The third kappa shape index (κ3) is 3.10. The molecule has 2 amide bonds. The maximum absolute atomic E-state index is 12.8. The van der Waals surface area contributed by atoms with Gasteiger partial charge in [0.15, 0.2) is 0 Å². The molecule has 1 spiro atoms. The van der Waals surface area contributed by atoms with Gasteiger partial charge >= 0.3 is 0 Å². The van der Waals surface area contributed by atoms with Crippen LogP contribution < -0.4 is 16.0 Å². The van der Waals surface area contributed by atoms with Crippen molar-refractivity contribution in [1.82, 2.24) is 25.2 Å². The lowest BCUT2D eigenvalue weighted by Crippen LogP contribution is -2.52. The molecule has 2 aromatic heterocycles. The Hall–Kier alpha value is -2.48. The van der Waals surface area contributed by atoms with Crippen LogP contribution >= 0.6 is 0 Å². The molecule has 0 radical (unpaired) electrons. The second-order valence-electron chi connectivity index (χ2n) is 8.79. The zero-order valence-electron chi connectivity index (χ0n) is 16.8. The summed E-state index contributed by atoms with van der Waals surface area (Å²) in [4.78, 5) is 34.4. The average Bonchev–Trinajstić information content (AvgIpc) is 3.13. The van der Waals surface area contributed by atoms with Crippen molar-refractivity contribution in [2.75, 3.05) is 18.4 Å². The molecular formula is C21H28N6O2. The number of hydrogen-bond donors (Lipinski definition) is 3. The number of carbonyl (C=O) groups is 2. The van der Waals surface area contributed by atoms with Crippen LogP contribution in [-0.2, 0) is 10.3 Å². The van der Waals surface area contributed by atoms with Crippen LogP contribution in [0.4, 0.5) is 5.95 Å². The molecule has 1 saturated heterocycles. The van der Waals surface area contributed by atoms with E-state index in [0.29, 0.717) is 18.2 Å². The summed E-state index contributed by atoms with van der Waals surface area (Å²) in [6.45, 7) is 3.63. The summed E-state index contributed by atoms with van der Waals surface area (Å²) >= 11 is 0. The maximum atomic E-state index is 12.8. The fourth-order valence-corrected chi connectivity index (χ4v) is 5.33. The minimum absolute atomic E-state index is 0.0420. The predicted octanol–water partition coefficient (Wildman–Crippen LogP) is 2.16. The lowest BCUT2D eigenvalue weighted by atomic mass is 9.80. The van der Waals surface area contributed by atoms with Gasteiger partial charge in [-0.15, -0.1) is 0 Å². The highest BCUT2D eigenvalue weighted by Gasteiger charge is 2.41. The van der Waals surface area contributed by atoms with E-state index in [1.165, 1.54) is 6.42 Å². The first kappa shape index (κ1) is 18.5. The molecule has 2 aliphatic heterocycles. The third-order valence-electron chi connectivity index (χ3n) is 6.94. The Morgan fingerprint density at radius 2 is 2.10 bits per heavy atom. The maximum Gasteiger partial charge on any atom is 0.268 e. The first-order valence-electron chi connectivity index (χ1n) is 10.8. The van der Waals surface area contributed by atoms with Crippen molar-refractivity contribution in [2.24, 2.45) is 5.92 Å². The smallest absolute Gasteiger partial charge is 0.268 e. The van der Waals surface area contributed by atoms with E-state index in [1.807, 2.05) is 13.0 Å². The Balaban J connectivity index is 1.51. The minimum Gasteiger partial charge on any atom is -0.348 e. The highest BCUT2D eigenvalue weighted by Crippen LogP contribution is 2.40. The Kier molecular flexibility index (Phi) is 4.53. The molecule has 154 valence electrons. The van der Waals surface area contributed by atoms with Gasteiger partial charge in [0.2, 0.25) is 11.9 Å². The van der Waals surface area contributed by atoms with E-state index in [9.17, 15) is 9.59 Å². The number of carbonyl (C=O) groups excluding carboxylic acids is 2. The monoisotopic (exact) mass is 396 g/mol. The van der Waals surface area contributed by atoms with Crippen LogP contribution in [0.3, 0.4) is 0 Å². The molecule has 0 bridgehead atoms. The molecule has 2 unspecified atom stereocenters. The largest absolute Gasteiger partial charge is 0.348 e. The number of piperidine rings is 1. The lowest BCUT2D eigenvalue weighted by molar-refractivity contribution is -0.121. The second kappa shape index (κ2) is 7.09. The molecule has 8 nitrogen and oxygen atoms in total. The first-order chi connectivity index (χ1) is 14.1. The zero-order chi connectivity index (χ0) is 20.0. The molecular weight excluding hydrogens is 368 g/mol. The van der Waals surface area contributed by atoms with Crippen molar-refractivity contribution in [1.29, 1.82) is 0 Å². The highest BCUT2D eigenvalue weighted by molar-refractivity contribution is 5.99. The SMILES string of the molecule is CC1NCCCC1C(=O)Nc1ncc2cc3n(c2n1)C1(CCCCC1)CNC3=O. The fraction of sp³-hybridized carbons (Fsp3) is 0.619. The van der Waals surface area contributed by atoms with Crippen LogP contribution in [0.1, 0.15) is 62.4 Å². The fourth-order valence-electron chi connectivity index (χ4n) is 5.33. The molecule has 0 aromatic carbocycles. The number of rotatable bonds is 2. The number of nitrogens with zero attached hydrogens (tertiary/aromatic N) is 3. The molecule has 8 heteroatoms. The first-order valence-corrected chi connectivity index (χ1v) is 10.8. The predicted molar refractivity (Wildman–Crippen MR) is 110 cm³/mol. The summed E-state index contributed by atoms with van der Waals surface area (Å²) in [5, 5.41) is 10.2. The molecule has 2 aromatic rings. The van der Waals surface area contributed by atoms with E-state index in [4.69, 9.17) is 4.98 Å². The van der Waals surface area contributed by atoms with Gasteiger partial charge in [-0.2, -0.15) is 4.98 Å². The van der Waals surface area contributed by atoms with Crippen molar-refractivity contribution in [2.45, 2.75) is 63.5 Å². The summed E-state index contributed by atoms with van der Waals surface area (Å²) in [6.07, 6.45) is 9.16. The highest BCUT2D eigenvalue weighted by atomic mass is 16.2. The quantitative estimate of drug-likeness (QED) is 0.722. The van der Waals surface area contributed by atoms with Gasteiger partial charge in [-0.25, -0.2) is 4.98 Å². The minimum atomic E-state index is -0.124. The Labute approximate surface area is 169 Å². The zero-order valence-corrected chi connectivity index (χ0v) is 16.8. The molecule has 3 aliphatic rings. The summed E-state index contributed by atoms with van der Waals surface area (Å²) in [5.74, 6) is 0.129. The molecule has 3 N–H and O–H groups in total. The second-order valence-corrected chi connectivity index (χ2v) is 8.79. The van der Waals surface area contributed by atoms with E-state index >= 15 is 0 Å². The molecule has 29 heavy (non-hydrogen) atoms. The number of aromatic nitrogens is 3. The lowest BCUT2D eigenvalue weighted by Gasteiger charge is -2.42. The van der Waals surface area contributed by atoms with E-state index in [1.54, 1.807) is 6.20 Å². The number of hydrogen-bond acceptors (Lipinski definition) is 5. The van der Waals surface area contributed by atoms with Crippen LogP contribution in [0, 0.1) is 5.92 Å². The van der Waals surface area contributed by atoms with Crippen LogP contribution in [0.5, 0.6) is 0 Å². The van der Waals surface area contributed by atoms with Gasteiger partial charge in [-0.05, 0) is 45.2 Å². The average molecular weight is 396 g/mol. The Morgan fingerprint density at radius 3 is 2.90 bits per heavy atom. The van der Waals surface area contributed by atoms with Gasteiger partial charge in [0, 0.05) is 24.2 Å². The molecule has 2 fully saturated rings. The van der Waals surface area contributed by atoms with Crippen molar-refractivity contribution >= 4 is 28.8 Å². The molecule has 1 aliphatic carbocycles. The molecule has 2 atom stereocenters. The van der Waals surface area contributed by atoms with Gasteiger partial charge in [0.05, 0.1) is 11.5 Å². The van der Waals surface area contributed by atoms with Crippen LogP contribution in [-0.4, -0.2) is 45.5 Å². The Morgan fingerprint density at radius 1 is 1.28 bits per heavy atom. The summed E-state index contributed by atoms with van der Waals surface area (Å²) in [5.41, 5.74) is 1.27. The van der Waals surface area contributed by atoms with Crippen LogP contribution in [0.25, 0.3) is 11.0 Å². The van der Waals surface area contributed by atoms with E-state index in [2.05, 4.69) is 25.5 Å². The number of nitrogens with one attached hydrogen (secondary N) is 3. The van der Waals surface area contributed by atoms with Crippen LogP contribution in [0.2, 0.25) is 0 Å². The van der Waals surface area contributed by atoms with Crippen LogP contribution in [0.15, 0.2) is 12.3 Å². The number of anilines is 1. The Bertz CT molecular complexity index is 961. The molecule has 4 heterocycles. The van der Waals surface area contributed by atoms with Gasteiger partial charge in [-0.3, -0.25) is 14.9 Å². The van der Waals surface area contributed by atoms with Gasteiger partial charge in [0.25, 0.3) is 5.91 Å². The van der Waals surface area contributed by atoms with Crippen molar-refractivity contribution in [3.8, 4) is 0 Å². The third-order valence-corrected chi connectivity index (χ3v) is 6.94. The summed E-state index contributed by atoms with van der Waals surface area (Å²) in [7, 11) is 0. The van der Waals surface area contributed by atoms with Crippen molar-refractivity contribution in [3.63, 3.8) is 0 Å². The van der Waals surface area contributed by atoms with E-state index in [-0.39, 0.29) is 29.3 Å².